The van der Waals surface area contributed by atoms with Gasteiger partial charge in [0.25, 0.3) is 0 Å². The maximum atomic E-state index is 13.6. The Balaban J connectivity index is 1.44. The number of benzene rings is 2. The lowest BCUT2D eigenvalue weighted by Gasteiger charge is -2.18. The first-order chi connectivity index (χ1) is 18.5. The normalized spacial score (nSPS) is 14.4. The van der Waals surface area contributed by atoms with Crippen molar-refractivity contribution in [3.8, 4) is 5.75 Å². The van der Waals surface area contributed by atoms with Crippen molar-refractivity contribution < 1.29 is 9.67 Å². The lowest BCUT2D eigenvalue weighted by molar-refractivity contribution is 0.474. The minimum atomic E-state index is -2.35. The first kappa shape index (κ1) is 26.4. The molecule has 0 spiro atoms. The van der Waals surface area contributed by atoms with Crippen LogP contribution in [-0.2, 0) is 17.5 Å². The summed E-state index contributed by atoms with van der Waals surface area (Å²) in [6, 6.07) is 15.4. The molecule has 2 heterocycles. The van der Waals surface area contributed by atoms with E-state index in [1.54, 1.807) is 12.1 Å². The molecular formula is C30H38N5O2P. The van der Waals surface area contributed by atoms with Gasteiger partial charge in [0.1, 0.15) is 18.7 Å². The molecule has 1 fully saturated rings. The molecule has 1 aliphatic rings. The molecule has 2 aromatic heterocycles. The molecule has 0 aliphatic heterocycles. The summed E-state index contributed by atoms with van der Waals surface area (Å²) in [4.78, 5) is 14.7. The van der Waals surface area contributed by atoms with Gasteiger partial charge in [-0.1, -0.05) is 38.8 Å². The predicted molar refractivity (Wildman–Crippen MR) is 156 cm³/mol. The van der Waals surface area contributed by atoms with Crippen LogP contribution in [0.5, 0.6) is 5.75 Å². The number of imidazole rings is 1. The SMILES string of the molecule is CCCP(=O)(CCC)c1ccc(Nc2nc(C3CCCC3)nc3c2ncn3CCc2cccc(O)c2)cc1. The van der Waals surface area contributed by atoms with Gasteiger partial charge in [-0.25, -0.2) is 15.0 Å². The second-order valence-corrected chi connectivity index (χ2v) is 13.6. The van der Waals surface area contributed by atoms with Gasteiger partial charge < -0.3 is 19.6 Å². The number of hydrogen-bond donors (Lipinski definition) is 2. The van der Waals surface area contributed by atoms with Crippen LogP contribution < -0.4 is 10.6 Å². The number of fused-ring (bicyclic) bond motifs is 1. The minimum absolute atomic E-state index is 0.280. The standard InChI is InChI=1S/C30H38N5O2P/c1-3-18-38(37,19-4-2)26-14-12-24(13-15-26)32-29-27-30(34-28(33-29)23-9-5-6-10-23)35(21-31-27)17-16-22-8-7-11-25(36)20-22/h7-8,11-15,20-21,23,36H,3-6,9-10,16-19H2,1-2H3,(H,32,33,34). The second-order valence-electron chi connectivity index (χ2n) is 10.5. The van der Waals surface area contributed by atoms with Crippen LogP contribution in [-0.4, -0.2) is 36.9 Å². The first-order valence-corrected chi connectivity index (χ1v) is 16.0. The van der Waals surface area contributed by atoms with Gasteiger partial charge in [-0.2, -0.15) is 0 Å². The molecule has 2 N–H and O–H groups in total. The van der Waals surface area contributed by atoms with Crippen LogP contribution in [0.2, 0.25) is 0 Å². The molecule has 8 heteroatoms. The Labute approximate surface area is 225 Å². The first-order valence-electron chi connectivity index (χ1n) is 14.0. The van der Waals surface area contributed by atoms with E-state index in [1.807, 2.05) is 42.7 Å². The van der Waals surface area contributed by atoms with Gasteiger partial charge in [-0.15, -0.1) is 0 Å². The molecule has 1 aliphatic carbocycles. The van der Waals surface area contributed by atoms with E-state index >= 15 is 0 Å². The highest BCUT2D eigenvalue weighted by atomic mass is 31.2. The summed E-state index contributed by atoms with van der Waals surface area (Å²) in [5, 5.41) is 14.3. The molecule has 0 atom stereocenters. The fourth-order valence-electron chi connectivity index (χ4n) is 5.59. The molecule has 5 rings (SSSR count). The summed E-state index contributed by atoms with van der Waals surface area (Å²) in [7, 11) is -2.35. The number of aryl methyl sites for hydroxylation is 2. The molecule has 4 aromatic rings. The molecule has 200 valence electrons. The van der Waals surface area contributed by atoms with Crippen LogP contribution in [0.1, 0.15) is 69.7 Å². The maximum Gasteiger partial charge on any atom is 0.165 e. The zero-order valence-electron chi connectivity index (χ0n) is 22.4. The summed E-state index contributed by atoms with van der Waals surface area (Å²) >= 11 is 0. The van der Waals surface area contributed by atoms with Crippen LogP contribution in [0, 0.1) is 0 Å². The average Bonchev–Trinajstić information content (AvgIpc) is 3.59. The van der Waals surface area contributed by atoms with Crippen molar-refractivity contribution in [3.63, 3.8) is 0 Å². The van der Waals surface area contributed by atoms with Crippen molar-refractivity contribution >= 4 is 35.1 Å². The van der Waals surface area contributed by atoms with E-state index in [2.05, 4.69) is 23.7 Å². The van der Waals surface area contributed by atoms with Crippen molar-refractivity contribution in [3.05, 3.63) is 66.2 Å². The predicted octanol–water partition coefficient (Wildman–Crippen LogP) is 6.98. The third-order valence-electron chi connectivity index (χ3n) is 7.52. The number of aromatic hydroxyl groups is 1. The Morgan fingerprint density at radius 2 is 1.76 bits per heavy atom. The number of anilines is 2. The Morgan fingerprint density at radius 1 is 1.03 bits per heavy atom. The van der Waals surface area contributed by atoms with E-state index in [9.17, 15) is 9.67 Å². The molecule has 1 saturated carbocycles. The zero-order chi connectivity index (χ0) is 26.5. The quantitative estimate of drug-likeness (QED) is 0.203. The number of hydrogen-bond acceptors (Lipinski definition) is 6. The van der Waals surface area contributed by atoms with Gasteiger partial charge >= 0.3 is 0 Å². The third kappa shape index (κ3) is 5.78. The van der Waals surface area contributed by atoms with Gasteiger partial charge in [0.2, 0.25) is 0 Å². The summed E-state index contributed by atoms with van der Waals surface area (Å²) < 4.78 is 15.7. The lowest BCUT2D eigenvalue weighted by Crippen LogP contribution is -2.11. The second kappa shape index (κ2) is 11.7. The minimum Gasteiger partial charge on any atom is -0.508 e. The van der Waals surface area contributed by atoms with Crippen molar-refractivity contribution in [2.45, 2.75) is 71.3 Å². The Bertz CT molecular complexity index is 1420. The van der Waals surface area contributed by atoms with Crippen molar-refractivity contribution in [1.29, 1.82) is 0 Å². The molecular weight excluding hydrogens is 493 g/mol. The smallest absolute Gasteiger partial charge is 0.165 e. The van der Waals surface area contributed by atoms with E-state index < -0.39 is 7.14 Å². The molecule has 0 saturated heterocycles. The summed E-state index contributed by atoms with van der Waals surface area (Å²) in [5.74, 6) is 2.24. The zero-order valence-corrected chi connectivity index (χ0v) is 23.3. The Morgan fingerprint density at radius 3 is 2.45 bits per heavy atom. The molecule has 0 amide bonds. The number of nitrogens with zero attached hydrogens (tertiary/aromatic N) is 4. The molecule has 0 unspecified atom stereocenters. The summed E-state index contributed by atoms with van der Waals surface area (Å²) in [5.41, 5.74) is 3.55. The number of aromatic nitrogens is 4. The monoisotopic (exact) mass is 531 g/mol. The topological polar surface area (TPSA) is 92.9 Å². The number of rotatable bonds is 11. The van der Waals surface area contributed by atoms with Crippen molar-refractivity contribution in [2.24, 2.45) is 0 Å². The highest BCUT2D eigenvalue weighted by Crippen LogP contribution is 2.45. The third-order valence-corrected chi connectivity index (χ3v) is 11.1. The van der Waals surface area contributed by atoms with E-state index in [-0.39, 0.29) is 5.75 Å². The number of phenolic OH excluding ortho intramolecular Hbond substituents is 1. The van der Waals surface area contributed by atoms with Crippen LogP contribution >= 0.6 is 7.14 Å². The van der Waals surface area contributed by atoms with E-state index in [0.717, 1.165) is 78.0 Å². The van der Waals surface area contributed by atoms with Gasteiger partial charge in [-0.3, -0.25) is 0 Å². The molecule has 2 aromatic carbocycles. The summed E-state index contributed by atoms with van der Waals surface area (Å²) in [6.07, 6.45) is 10.6. The van der Waals surface area contributed by atoms with Crippen LogP contribution in [0.4, 0.5) is 11.5 Å². The van der Waals surface area contributed by atoms with Gasteiger partial charge in [0.15, 0.2) is 17.0 Å². The lowest BCUT2D eigenvalue weighted by atomic mass is 10.1. The van der Waals surface area contributed by atoms with Gasteiger partial charge in [-0.05, 0) is 74.1 Å². The Kier molecular flexibility index (Phi) is 8.13. The molecule has 0 radical (unpaired) electrons. The van der Waals surface area contributed by atoms with Crippen LogP contribution in [0.25, 0.3) is 11.2 Å². The average molecular weight is 532 g/mol. The largest absolute Gasteiger partial charge is 0.508 e. The van der Waals surface area contributed by atoms with Crippen molar-refractivity contribution in [1.82, 2.24) is 19.5 Å². The Hall–Kier alpha value is -3.18. The van der Waals surface area contributed by atoms with E-state index in [1.165, 1.54) is 12.8 Å². The maximum absolute atomic E-state index is 13.6. The number of phenols is 1. The van der Waals surface area contributed by atoms with Crippen LogP contribution in [0.15, 0.2) is 54.9 Å². The molecule has 7 nitrogen and oxygen atoms in total. The van der Waals surface area contributed by atoms with E-state index in [4.69, 9.17) is 15.0 Å². The summed E-state index contributed by atoms with van der Waals surface area (Å²) in [6.45, 7) is 4.91. The molecule has 0 bridgehead atoms. The van der Waals surface area contributed by atoms with E-state index in [0.29, 0.717) is 18.3 Å². The van der Waals surface area contributed by atoms with Gasteiger partial charge in [0.05, 0.1) is 6.33 Å². The fourth-order valence-corrected chi connectivity index (χ4v) is 8.46. The van der Waals surface area contributed by atoms with Crippen LogP contribution in [0.3, 0.4) is 0 Å². The highest BCUT2D eigenvalue weighted by Gasteiger charge is 2.24. The van der Waals surface area contributed by atoms with Gasteiger partial charge in [0, 0.05) is 35.8 Å². The number of nitrogens with one attached hydrogen (secondary N) is 1. The highest BCUT2D eigenvalue weighted by molar-refractivity contribution is 7.71. The molecule has 38 heavy (non-hydrogen) atoms. The van der Waals surface area contributed by atoms with Crippen molar-refractivity contribution in [2.75, 3.05) is 17.6 Å². The fraction of sp³-hybridized carbons (Fsp3) is 0.433.